The Bertz CT molecular complexity index is 285. The molecule has 0 radical (unpaired) electrons. The summed E-state index contributed by atoms with van der Waals surface area (Å²) in [5.74, 6) is 0.211. The van der Waals surface area contributed by atoms with Crippen LogP contribution in [-0.4, -0.2) is 49.2 Å². The van der Waals surface area contributed by atoms with Gasteiger partial charge in [0.25, 0.3) is 0 Å². The molecule has 2 atom stereocenters. The zero-order chi connectivity index (χ0) is 13.1. The van der Waals surface area contributed by atoms with Crippen molar-refractivity contribution in [2.75, 3.05) is 20.3 Å². The van der Waals surface area contributed by atoms with Crippen LogP contribution in [0.3, 0.4) is 0 Å². The molecule has 1 heterocycles. The minimum atomic E-state index is -0.538. The number of carbonyl (C=O) groups excluding carboxylic acids is 2. The van der Waals surface area contributed by atoms with Crippen molar-refractivity contribution in [3.63, 3.8) is 0 Å². The van der Waals surface area contributed by atoms with Crippen LogP contribution in [0.15, 0.2) is 0 Å². The zero-order valence-electron chi connectivity index (χ0n) is 10.9. The Morgan fingerprint density at radius 1 is 1.47 bits per heavy atom. The summed E-state index contributed by atoms with van der Waals surface area (Å²) in [5.41, 5.74) is -0.538. The van der Waals surface area contributed by atoms with Gasteiger partial charge in [0.05, 0.1) is 12.6 Å². The van der Waals surface area contributed by atoms with Crippen LogP contribution in [0.1, 0.15) is 27.2 Å². The van der Waals surface area contributed by atoms with Gasteiger partial charge in [-0.2, -0.15) is 0 Å². The average Bonchev–Trinajstić information content (AvgIpc) is 2.59. The van der Waals surface area contributed by atoms with Gasteiger partial charge in [0, 0.05) is 19.6 Å². The minimum absolute atomic E-state index is 0.211. The van der Waals surface area contributed by atoms with E-state index in [9.17, 15) is 9.59 Å². The Hall–Kier alpha value is -1.10. The Balaban J connectivity index is 2.62. The molecule has 0 N–H and O–H groups in total. The van der Waals surface area contributed by atoms with E-state index in [4.69, 9.17) is 9.47 Å². The van der Waals surface area contributed by atoms with Crippen LogP contribution in [0.4, 0.5) is 4.79 Å². The van der Waals surface area contributed by atoms with Gasteiger partial charge in [-0.1, -0.05) is 0 Å². The van der Waals surface area contributed by atoms with Gasteiger partial charge in [-0.15, -0.1) is 0 Å². The molecule has 0 unspecified atom stereocenters. The SMILES string of the molecule is COC[C@H]1C[C@@H](C=O)N(C(=O)OC(C)(C)C)C1. The average molecular weight is 243 g/mol. The second-order valence-electron chi connectivity index (χ2n) is 5.39. The maximum absolute atomic E-state index is 11.9. The number of hydrogen-bond donors (Lipinski definition) is 0. The monoisotopic (exact) mass is 243 g/mol. The van der Waals surface area contributed by atoms with Crippen LogP contribution in [0.25, 0.3) is 0 Å². The predicted octanol–water partition coefficient (Wildman–Crippen LogP) is 1.46. The van der Waals surface area contributed by atoms with E-state index in [1.165, 1.54) is 4.90 Å². The summed E-state index contributed by atoms with van der Waals surface area (Å²) in [4.78, 5) is 24.3. The Morgan fingerprint density at radius 2 is 2.12 bits per heavy atom. The first-order valence-electron chi connectivity index (χ1n) is 5.81. The highest BCUT2D eigenvalue weighted by atomic mass is 16.6. The molecule has 5 nitrogen and oxygen atoms in total. The number of rotatable bonds is 3. The fourth-order valence-electron chi connectivity index (χ4n) is 1.97. The van der Waals surface area contributed by atoms with Crippen LogP contribution in [0, 0.1) is 5.92 Å². The van der Waals surface area contributed by atoms with E-state index < -0.39 is 11.7 Å². The Labute approximate surface area is 102 Å². The molecule has 1 rings (SSSR count). The Kier molecular flexibility index (Phi) is 4.51. The van der Waals surface area contributed by atoms with Crippen molar-refractivity contribution in [2.45, 2.75) is 38.8 Å². The summed E-state index contributed by atoms with van der Waals surface area (Å²) in [6, 6.07) is -0.384. The van der Waals surface area contributed by atoms with Crippen LogP contribution in [0.5, 0.6) is 0 Å². The van der Waals surface area contributed by atoms with Crippen molar-refractivity contribution in [3.05, 3.63) is 0 Å². The summed E-state index contributed by atoms with van der Waals surface area (Å²) in [6.45, 7) is 6.51. The van der Waals surface area contributed by atoms with E-state index >= 15 is 0 Å². The molecule has 0 saturated carbocycles. The van der Waals surface area contributed by atoms with E-state index in [0.29, 0.717) is 19.6 Å². The number of nitrogens with zero attached hydrogens (tertiary/aromatic N) is 1. The van der Waals surface area contributed by atoms with Gasteiger partial charge in [-0.05, 0) is 27.2 Å². The molecule has 98 valence electrons. The van der Waals surface area contributed by atoms with Crippen LogP contribution < -0.4 is 0 Å². The number of methoxy groups -OCH3 is 1. The van der Waals surface area contributed by atoms with E-state index in [-0.39, 0.29) is 12.0 Å². The highest BCUT2D eigenvalue weighted by Gasteiger charge is 2.37. The van der Waals surface area contributed by atoms with Gasteiger partial charge < -0.3 is 14.3 Å². The highest BCUT2D eigenvalue weighted by molar-refractivity contribution is 5.74. The van der Waals surface area contributed by atoms with Crippen molar-refractivity contribution in [1.82, 2.24) is 4.90 Å². The molecule has 0 aromatic carbocycles. The molecule has 0 spiro atoms. The molecule has 1 aliphatic rings. The standard InChI is InChI=1S/C12H21NO4/c1-12(2,3)17-11(15)13-6-9(8-16-4)5-10(13)7-14/h7,9-10H,5-6,8H2,1-4H3/t9-,10-/m0/s1. The Morgan fingerprint density at radius 3 is 2.59 bits per heavy atom. The third-order valence-electron chi connectivity index (χ3n) is 2.62. The molecule has 0 aromatic rings. The summed E-state index contributed by atoms with van der Waals surface area (Å²) in [5, 5.41) is 0. The van der Waals surface area contributed by atoms with Gasteiger partial charge >= 0.3 is 6.09 Å². The van der Waals surface area contributed by atoms with Gasteiger partial charge in [0.15, 0.2) is 0 Å². The molecule has 1 fully saturated rings. The number of carbonyl (C=O) groups is 2. The molecule has 17 heavy (non-hydrogen) atoms. The molecular formula is C12H21NO4. The smallest absolute Gasteiger partial charge is 0.410 e. The number of amides is 1. The number of likely N-dealkylation sites (tertiary alicyclic amines) is 1. The third-order valence-corrected chi connectivity index (χ3v) is 2.62. The van der Waals surface area contributed by atoms with E-state index in [2.05, 4.69) is 0 Å². The van der Waals surface area contributed by atoms with Gasteiger partial charge in [0.1, 0.15) is 11.9 Å². The number of ether oxygens (including phenoxy) is 2. The number of aldehydes is 1. The van der Waals surface area contributed by atoms with E-state index in [0.717, 1.165) is 6.29 Å². The summed E-state index contributed by atoms with van der Waals surface area (Å²) in [6.07, 6.45) is 1.03. The zero-order valence-corrected chi connectivity index (χ0v) is 10.9. The first-order chi connectivity index (χ1) is 7.87. The fraction of sp³-hybridized carbons (Fsp3) is 0.833. The van der Waals surface area contributed by atoms with Crippen molar-refractivity contribution >= 4 is 12.4 Å². The first kappa shape index (κ1) is 14.0. The van der Waals surface area contributed by atoms with E-state index in [1.54, 1.807) is 7.11 Å². The predicted molar refractivity (Wildman–Crippen MR) is 62.8 cm³/mol. The maximum atomic E-state index is 11.9. The summed E-state index contributed by atoms with van der Waals surface area (Å²) >= 11 is 0. The summed E-state index contributed by atoms with van der Waals surface area (Å²) in [7, 11) is 1.62. The molecule has 1 aliphatic heterocycles. The molecular weight excluding hydrogens is 222 g/mol. The molecule has 1 amide bonds. The second-order valence-corrected chi connectivity index (χ2v) is 5.39. The molecule has 0 aliphatic carbocycles. The van der Waals surface area contributed by atoms with Crippen molar-refractivity contribution < 1.29 is 19.1 Å². The lowest BCUT2D eigenvalue weighted by Gasteiger charge is -2.26. The quantitative estimate of drug-likeness (QED) is 0.704. The van der Waals surface area contributed by atoms with Crippen LogP contribution >= 0.6 is 0 Å². The normalized spacial score (nSPS) is 24.8. The molecule has 5 heteroatoms. The lowest BCUT2D eigenvalue weighted by atomic mass is 10.1. The van der Waals surface area contributed by atoms with Crippen molar-refractivity contribution in [3.8, 4) is 0 Å². The van der Waals surface area contributed by atoms with Crippen LogP contribution in [0.2, 0.25) is 0 Å². The van der Waals surface area contributed by atoms with Gasteiger partial charge in [0.2, 0.25) is 0 Å². The fourth-order valence-corrected chi connectivity index (χ4v) is 1.97. The third kappa shape index (κ3) is 4.00. The highest BCUT2D eigenvalue weighted by Crippen LogP contribution is 2.24. The lowest BCUT2D eigenvalue weighted by molar-refractivity contribution is -0.111. The molecule has 0 aromatic heterocycles. The maximum Gasteiger partial charge on any atom is 0.410 e. The number of hydrogen-bond acceptors (Lipinski definition) is 4. The van der Waals surface area contributed by atoms with Crippen molar-refractivity contribution in [2.24, 2.45) is 5.92 Å². The second kappa shape index (κ2) is 5.49. The lowest BCUT2D eigenvalue weighted by Crippen LogP contribution is -2.40. The largest absolute Gasteiger partial charge is 0.444 e. The molecule has 1 saturated heterocycles. The van der Waals surface area contributed by atoms with E-state index in [1.807, 2.05) is 20.8 Å². The topological polar surface area (TPSA) is 55.8 Å². The van der Waals surface area contributed by atoms with Crippen LogP contribution in [-0.2, 0) is 14.3 Å². The minimum Gasteiger partial charge on any atom is -0.444 e. The summed E-state index contributed by atoms with van der Waals surface area (Å²) < 4.78 is 10.3. The first-order valence-corrected chi connectivity index (χ1v) is 5.81. The molecule has 0 bridgehead atoms. The van der Waals surface area contributed by atoms with Gasteiger partial charge in [-0.3, -0.25) is 4.90 Å². The van der Waals surface area contributed by atoms with Crippen molar-refractivity contribution in [1.29, 1.82) is 0 Å². The van der Waals surface area contributed by atoms with Gasteiger partial charge in [-0.25, -0.2) is 4.79 Å².